The van der Waals surface area contributed by atoms with Crippen molar-refractivity contribution in [3.05, 3.63) is 119 Å². The molecule has 2 heterocycles. The van der Waals surface area contributed by atoms with E-state index in [1.165, 1.54) is 10.0 Å². The molecule has 0 N–H and O–H groups in total. The number of benzene rings is 3. The van der Waals surface area contributed by atoms with E-state index < -0.39 is 11.3 Å². The lowest BCUT2D eigenvalue weighted by Crippen LogP contribution is -2.37. The molecule has 6 nitrogen and oxygen atoms in total. The first-order valence-electron chi connectivity index (χ1n) is 10.9. The molecule has 3 aromatic rings. The van der Waals surface area contributed by atoms with Crippen molar-refractivity contribution in [2.24, 2.45) is 5.41 Å². The summed E-state index contributed by atoms with van der Waals surface area (Å²) in [6.07, 6.45) is 0. The molecule has 164 valence electrons. The van der Waals surface area contributed by atoms with Gasteiger partial charge in [-0.3, -0.25) is 9.59 Å². The van der Waals surface area contributed by atoms with E-state index in [4.69, 9.17) is 0 Å². The van der Waals surface area contributed by atoms with Gasteiger partial charge in [-0.15, -0.1) is 0 Å². The maximum Gasteiger partial charge on any atom is 0.259 e. The highest BCUT2D eigenvalue weighted by Gasteiger charge is 2.65. The first-order valence-corrected chi connectivity index (χ1v) is 10.9. The second-order valence-corrected chi connectivity index (χ2v) is 8.84. The van der Waals surface area contributed by atoms with Gasteiger partial charge in [0, 0.05) is 5.41 Å². The van der Waals surface area contributed by atoms with Crippen molar-refractivity contribution in [3.63, 3.8) is 0 Å². The van der Waals surface area contributed by atoms with Gasteiger partial charge in [0.1, 0.15) is 18.0 Å². The van der Waals surface area contributed by atoms with Crippen molar-refractivity contribution < 1.29 is 9.59 Å². The Balaban J connectivity index is 1.68. The van der Waals surface area contributed by atoms with Crippen LogP contribution in [-0.2, 0) is 9.59 Å². The molecule has 0 unspecified atom stereocenters. The Morgan fingerprint density at radius 2 is 1.09 bits per heavy atom. The molecule has 2 aliphatic rings. The highest BCUT2D eigenvalue weighted by molar-refractivity contribution is 6.12. The Morgan fingerprint density at radius 1 is 0.676 bits per heavy atom. The Labute approximate surface area is 198 Å². The number of amides is 2. The Morgan fingerprint density at radius 3 is 1.47 bits per heavy atom. The number of carbonyl (C=O) groups excluding carboxylic acids is 2. The van der Waals surface area contributed by atoms with Crippen molar-refractivity contribution in [1.82, 2.24) is 10.0 Å². The number of fused-ring (bicyclic) bond motifs is 1. The van der Waals surface area contributed by atoms with Crippen molar-refractivity contribution in [3.8, 4) is 12.1 Å². The van der Waals surface area contributed by atoms with Crippen molar-refractivity contribution >= 4 is 11.8 Å². The third kappa shape index (κ3) is 3.08. The Bertz CT molecular complexity index is 1260. The van der Waals surface area contributed by atoms with Crippen LogP contribution in [0.5, 0.6) is 0 Å². The maximum atomic E-state index is 13.8. The lowest BCUT2D eigenvalue weighted by atomic mass is 9.73. The van der Waals surface area contributed by atoms with E-state index in [0.29, 0.717) is 28.8 Å². The summed E-state index contributed by atoms with van der Waals surface area (Å²) in [5.74, 6) is -1.57. The van der Waals surface area contributed by atoms with Gasteiger partial charge in [0.2, 0.25) is 0 Å². The maximum absolute atomic E-state index is 13.8. The van der Waals surface area contributed by atoms with Gasteiger partial charge in [-0.1, -0.05) is 68.4 Å². The molecule has 2 radical (unpaired) electrons. The van der Waals surface area contributed by atoms with E-state index in [-0.39, 0.29) is 11.8 Å². The van der Waals surface area contributed by atoms with E-state index in [1.807, 2.05) is 56.3 Å². The second kappa shape index (κ2) is 7.86. The van der Waals surface area contributed by atoms with Gasteiger partial charge < -0.3 is 0 Å². The standard InChI is InChI=1S/C28H20N4O2/c1-28(2)24(21-12-8-18(16-29)9-13-21)31-26(33)23(20-6-4-3-5-7-20)27(34)32(31)25(28)22-14-10-19(17-30)11-15-22/h3-15,23H,1-2H3. The number of nitriles is 2. The van der Waals surface area contributed by atoms with Crippen LogP contribution in [0.3, 0.4) is 0 Å². The first kappa shape index (κ1) is 21.4. The molecule has 0 atom stereocenters. The van der Waals surface area contributed by atoms with Gasteiger partial charge in [0.05, 0.1) is 23.3 Å². The molecule has 6 heteroatoms. The minimum atomic E-state index is -0.945. The molecule has 34 heavy (non-hydrogen) atoms. The monoisotopic (exact) mass is 444 g/mol. The summed E-state index contributed by atoms with van der Waals surface area (Å²) in [6.45, 7) is 3.95. The zero-order valence-electron chi connectivity index (χ0n) is 18.7. The molecule has 3 aromatic carbocycles. The third-order valence-corrected chi connectivity index (χ3v) is 6.43. The summed E-state index contributed by atoms with van der Waals surface area (Å²) in [5.41, 5.74) is 2.47. The predicted molar refractivity (Wildman–Crippen MR) is 124 cm³/mol. The number of carbonyl (C=O) groups is 2. The normalized spacial score (nSPS) is 18.1. The van der Waals surface area contributed by atoms with Crippen LogP contribution in [0.1, 0.15) is 47.6 Å². The first-order chi connectivity index (χ1) is 16.4. The van der Waals surface area contributed by atoms with Crippen LogP contribution in [0, 0.1) is 40.2 Å². The summed E-state index contributed by atoms with van der Waals surface area (Å²) < 4.78 is 0. The highest BCUT2D eigenvalue weighted by atomic mass is 16.2. The smallest absolute Gasteiger partial charge is 0.259 e. The zero-order chi connectivity index (χ0) is 24.0. The van der Waals surface area contributed by atoms with Gasteiger partial charge in [-0.25, -0.2) is 10.0 Å². The fourth-order valence-electron chi connectivity index (χ4n) is 4.91. The molecule has 2 aliphatic heterocycles. The molecule has 2 saturated heterocycles. The molecule has 2 fully saturated rings. The third-order valence-electron chi connectivity index (χ3n) is 6.43. The molecule has 5 rings (SSSR count). The molecule has 0 saturated carbocycles. The van der Waals surface area contributed by atoms with Gasteiger partial charge in [-0.2, -0.15) is 10.5 Å². The summed E-state index contributed by atoms with van der Waals surface area (Å²) >= 11 is 0. The van der Waals surface area contributed by atoms with E-state index in [2.05, 4.69) is 12.1 Å². The van der Waals surface area contributed by atoms with Crippen LogP contribution < -0.4 is 0 Å². The summed E-state index contributed by atoms with van der Waals surface area (Å²) in [5, 5.41) is 21.4. The molecule has 0 bridgehead atoms. The minimum Gasteiger partial charge on any atom is -0.272 e. The largest absolute Gasteiger partial charge is 0.272 e. The average Bonchev–Trinajstić information content (AvgIpc) is 3.25. The zero-order valence-corrected chi connectivity index (χ0v) is 18.7. The fourth-order valence-corrected chi connectivity index (χ4v) is 4.91. The van der Waals surface area contributed by atoms with Gasteiger partial charge in [0.15, 0.2) is 0 Å². The Kier molecular flexibility index (Phi) is 4.96. The van der Waals surface area contributed by atoms with Crippen LogP contribution in [0.4, 0.5) is 0 Å². The van der Waals surface area contributed by atoms with Gasteiger partial charge in [0.25, 0.3) is 11.8 Å². The lowest BCUT2D eigenvalue weighted by Gasteiger charge is -2.31. The SMILES string of the molecule is CC1(C)[C](c2ccc(C#N)cc2)N2C(=O)C(c3ccccc3)C(=O)N2[C]1c1ccc(C#N)cc1. The van der Waals surface area contributed by atoms with Gasteiger partial charge >= 0.3 is 0 Å². The topological polar surface area (TPSA) is 88.2 Å². The molecular formula is C28H20N4O2. The summed E-state index contributed by atoms with van der Waals surface area (Å²) in [7, 11) is 0. The number of hydrazine groups is 1. The average molecular weight is 444 g/mol. The number of hydrogen-bond donors (Lipinski definition) is 0. The van der Waals surface area contributed by atoms with Gasteiger partial charge in [-0.05, 0) is 41.0 Å². The molecule has 2 amide bonds. The summed E-state index contributed by atoms with van der Waals surface area (Å²) in [4.78, 5) is 27.6. The quantitative estimate of drug-likeness (QED) is 0.564. The molecule has 0 spiro atoms. The second-order valence-electron chi connectivity index (χ2n) is 8.84. The Hall–Kier alpha value is -4.42. The van der Waals surface area contributed by atoms with Crippen LogP contribution in [-0.4, -0.2) is 21.8 Å². The number of hydrogen-bond acceptors (Lipinski definition) is 4. The lowest BCUT2D eigenvalue weighted by molar-refractivity contribution is -0.139. The fraction of sp³-hybridized carbons (Fsp3) is 0.143. The summed E-state index contributed by atoms with van der Waals surface area (Å²) in [6, 6.07) is 28.7. The number of nitrogens with zero attached hydrogens (tertiary/aromatic N) is 4. The van der Waals surface area contributed by atoms with E-state index in [0.717, 1.165) is 11.1 Å². The van der Waals surface area contributed by atoms with Crippen LogP contribution in [0.15, 0.2) is 78.9 Å². The van der Waals surface area contributed by atoms with Crippen molar-refractivity contribution in [2.45, 2.75) is 19.8 Å². The predicted octanol–water partition coefficient (Wildman–Crippen LogP) is 4.30. The van der Waals surface area contributed by atoms with E-state index in [1.54, 1.807) is 36.4 Å². The molecule has 0 aromatic heterocycles. The number of rotatable bonds is 3. The van der Waals surface area contributed by atoms with E-state index >= 15 is 0 Å². The van der Waals surface area contributed by atoms with E-state index in [9.17, 15) is 20.1 Å². The van der Waals surface area contributed by atoms with Crippen LogP contribution >= 0.6 is 0 Å². The molecular weight excluding hydrogens is 424 g/mol. The molecule has 0 aliphatic carbocycles. The van der Waals surface area contributed by atoms with Crippen LogP contribution in [0.2, 0.25) is 0 Å². The van der Waals surface area contributed by atoms with Crippen molar-refractivity contribution in [2.75, 3.05) is 0 Å². The van der Waals surface area contributed by atoms with Crippen molar-refractivity contribution in [1.29, 1.82) is 10.5 Å². The highest BCUT2D eigenvalue weighted by Crippen LogP contribution is 2.59. The van der Waals surface area contributed by atoms with Crippen LogP contribution in [0.25, 0.3) is 0 Å². The minimum absolute atomic E-state index is 0.313.